The fourth-order valence-corrected chi connectivity index (χ4v) is 5.11. The van der Waals surface area contributed by atoms with Gasteiger partial charge in [-0.25, -0.2) is 8.42 Å². The Morgan fingerprint density at radius 3 is 2.67 bits per heavy atom. The zero-order valence-electron chi connectivity index (χ0n) is 17.3. The smallest absolute Gasteiger partial charge is 0.263 e. The van der Waals surface area contributed by atoms with Crippen LogP contribution >= 0.6 is 11.6 Å². The van der Waals surface area contributed by atoms with Gasteiger partial charge in [0.25, 0.3) is 15.9 Å². The molecule has 1 amide bonds. The van der Waals surface area contributed by atoms with Crippen LogP contribution in [0.4, 0.5) is 5.69 Å². The highest BCUT2D eigenvalue weighted by molar-refractivity contribution is 7.92. The lowest BCUT2D eigenvalue weighted by molar-refractivity contribution is 0.0635. The molecule has 9 heteroatoms. The summed E-state index contributed by atoms with van der Waals surface area (Å²) in [5, 5.41) is 0.0405. The van der Waals surface area contributed by atoms with E-state index in [-0.39, 0.29) is 27.6 Å². The van der Waals surface area contributed by atoms with Gasteiger partial charge in [0, 0.05) is 24.7 Å². The largest absolute Gasteiger partial charge is 0.495 e. The molecule has 1 atom stereocenters. The van der Waals surface area contributed by atoms with Gasteiger partial charge in [0.2, 0.25) is 0 Å². The first-order valence-electron chi connectivity index (χ1n) is 9.64. The summed E-state index contributed by atoms with van der Waals surface area (Å²) in [6.45, 7) is 1.25. The summed E-state index contributed by atoms with van der Waals surface area (Å²) >= 11 is 6.19. The maximum absolute atomic E-state index is 13.0. The molecule has 0 bridgehead atoms. The molecule has 2 aromatic rings. The number of carbonyl (C=O) groups is 1. The summed E-state index contributed by atoms with van der Waals surface area (Å²) in [5.41, 5.74) is 0.580. The molecule has 1 saturated heterocycles. The van der Waals surface area contributed by atoms with E-state index in [1.54, 1.807) is 35.2 Å². The van der Waals surface area contributed by atoms with Crippen LogP contribution in [0.3, 0.4) is 0 Å². The number of hydrogen-bond donors (Lipinski definition) is 1. The predicted molar refractivity (Wildman–Crippen MR) is 118 cm³/mol. The number of rotatable bonds is 6. The van der Waals surface area contributed by atoms with Gasteiger partial charge in [-0.1, -0.05) is 23.7 Å². The monoisotopic (exact) mass is 451 g/mol. The van der Waals surface area contributed by atoms with Gasteiger partial charge in [0.1, 0.15) is 10.6 Å². The third-order valence-corrected chi connectivity index (χ3v) is 7.08. The fraction of sp³-hybridized carbons (Fsp3) is 0.381. The number of nitrogens with zero attached hydrogens (tertiary/aromatic N) is 2. The average molecular weight is 452 g/mol. The summed E-state index contributed by atoms with van der Waals surface area (Å²) in [6, 6.07) is 11.3. The number of carbonyl (C=O) groups excluding carboxylic acids is 1. The SMILES string of the molecule is COc1ccccc1NS(=O)(=O)c1cc(C(=O)N2CCCC(N(C)C)C2)ccc1Cl. The number of piperidine rings is 1. The molecular formula is C21H26ClN3O4S. The summed E-state index contributed by atoms with van der Waals surface area (Å²) < 4.78 is 33.7. The minimum absolute atomic E-state index is 0.0405. The highest BCUT2D eigenvalue weighted by Crippen LogP contribution is 2.30. The third-order valence-electron chi connectivity index (χ3n) is 5.23. The summed E-state index contributed by atoms with van der Waals surface area (Å²) in [5.74, 6) is 0.180. The Bertz CT molecular complexity index is 1030. The number of halogens is 1. The van der Waals surface area contributed by atoms with Crippen molar-refractivity contribution in [1.29, 1.82) is 0 Å². The number of likely N-dealkylation sites (N-methyl/N-ethyl adjacent to an activating group) is 1. The van der Waals surface area contributed by atoms with Gasteiger partial charge in [-0.2, -0.15) is 0 Å². The second kappa shape index (κ2) is 9.24. The molecule has 1 heterocycles. The average Bonchev–Trinajstić information content (AvgIpc) is 2.73. The Balaban J connectivity index is 1.88. The molecule has 0 radical (unpaired) electrons. The van der Waals surface area contributed by atoms with E-state index in [0.29, 0.717) is 24.4 Å². The van der Waals surface area contributed by atoms with E-state index in [4.69, 9.17) is 16.3 Å². The van der Waals surface area contributed by atoms with E-state index < -0.39 is 10.0 Å². The van der Waals surface area contributed by atoms with E-state index in [1.165, 1.54) is 19.2 Å². The van der Waals surface area contributed by atoms with E-state index in [0.717, 1.165) is 12.8 Å². The van der Waals surface area contributed by atoms with E-state index in [2.05, 4.69) is 9.62 Å². The van der Waals surface area contributed by atoms with Crippen LogP contribution in [0.25, 0.3) is 0 Å². The first-order chi connectivity index (χ1) is 14.2. The molecule has 3 rings (SSSR count). The highest BCUT2D eigenvalue weighted by atomic mass is 35.5. The Labute approximate surface area is 182 Å². The van der Waals surface area contributed by atoms with Gasteiger partial charge in [-0.3, -0.25) is 9.52 Å². The lowest BCUT2D eigenvalue weighted by Gasteiger charge is -2.36. The zero-order chi connectivity index (χ0) is 21.9. The number of methoxy groups -OCH3 is 1. The van der Waals surface area contributed by atoms with Crippen molar-refractivity contribution in [2.75, 3.05) is 39.0 Å². The standard InChI is InChI=1S/C21H26ClN3O4S/c1-24(2)16-7-6-12-25(14-16)21(26)15-10-11-17(22)20(13-15)30(27,28)23-18-8-4-5-9-19(18)29-3/h4-5,8-11,13,16,23H,6-7,12,14H2,1-3H3. The minimum atomic E-state index is -4.03. The molecule has 0 spiro atoms. The van der Waals surface area contributed by atoms with Crippen molar-refractivity contribution in [1.82, 2.24) is 9.80 Å². The molecule has 1 unspecified atom stereocenters. The van der Waals surface area contributed by atoms with E-state index in [9.17, 15) is 13.2 Å². The van der Waals surface area contributed by atoms with E-state index >= 15 is 0 Å². The van der Waals surface area contributed by atoms with Crippen molar-refractivity contribution in [2.45, 2.75) is 23.8 Å². The van der Waals surface area contributed by atoms with Crippen LogP contribution in [0.1, 0.15) is 23.2 Å². The minimum Gasteiger partial charge on any atom is -0.495 e. The highest BCUT2D eigenvalue weighted by Gasteiger charge is 2.27. The molecule has 0 saturated carbocycles. The van der Waals surface area contributed by atoms with Crippen LogP contribution < -0.4 is 9.46 Å². The summed E-state index contributed by atoms with van der Waals surface area (Å²) in [4.78, 5) is 16.8. The number of ether oxygens (including phenoxy) is 1. The van der Waals surface area contributed by atoms with Crippen molar-refractivity contribution in [3.63, 3.8) is 0 Å². The third kappa shape index (κ3) is 4.88. The normalized spacial score (nSPS) is 17.1. The number of sulfonamides is 1. The van der Waals surface area contributed by atoms with Crippen molar-refractivity contribution < 1.29 is 17.9 Å². The summed E-state index contributed by atoms with van der Waals surface area (Å²) in [6.07, 6.45) is 1.93. The molecule has 0 aromatic heterocycles. The molecule has 1 fully saturated rings. The van der Waals surface area contributed by atoms with Crippen LogP contribution in [-0.4, -0.2) is 64.5 Å². The predicted octanol–water partition coefficient (Wildman–Crippen LogP) is 3.32. The quantitative estimate of drug-likeness (QED) is 0.728. The van der Waals surface area contributed by atoms with Gasteiger partial charge in [0.05, 0.1) is 17.8 Å². The molecule has 162 valence electrons. The number of anilines is 1. The lowest BCUT2D eigenvalue weighted by atomic mass is 10.0. The maximum Gasteiger partial charge on any atom is 0.263 e. The molecule has 1 aliphatic heterocycles. The van der Waals surface area contributed by atoms with Gasteiger partial charge < -0.3 is 14.5 Å². The Morgan fingerprint density at radius 1 is 1.23 bits per heavy atom. The van der Waals surface area contributed by atoms with Crippen LogP contribution in [-0.2, 0) is 10.0 Å². The Hall–Kier alpha value is -2.29. The van der Waals surface area contributed by atoms with Crippen molar-refractivity contribution >= 4 is 33.2 Å². The van der Waals surface area contributed by atoms with Gasteiger partial charge in [-0.15, -0.1) is 0 Å². The van der Waals surface area contributed by atoms with Gasteiger partial charge in [0.15, 0.2) is 0 Å². The van der Waals surface area contributed by atoms with Crippen molar-refractivity contribution in [3.05, 3.63) is 53.1 Å². The zero-order valence-corrected chi connectivity index (χ0v) is 18.8. The topological polar surface area (TPSA) is 78.9 Å². The Morgan fingerprint density at radius 2 is 1.97 bits per heavy atom. The van der Waals surface area contributed by atoms with Gasteiger partial charge >= 0.3 is 0 Å². The van der Waals surface area contributed by atoms with Crippen LogP contribution in [0.5, 0.6) is 5.75 Å². The van der Waals surface area contributed by atoms with Gasteiger partial charge in [-0.05, 0) is 57.3 Å². The van der Waals surface area contributed by atoms with Crippen LogP contribution in [0.2, 0.25) is 5.02 Å². The van der Waals surface area contributed by atoms with Crippen LogP contribution in [0.15, 0.2) is 47.4 Å². The maximum atomic E-state index is 13.0. The molecule has 30 heavy (non-hydrogen) atoms. The fourth-order valence-electron chi connectivity index (χ4n) is 3.51. The first kappa shape index (κ1) is 22.4. The van der Waals surface area contributed by atoms with Crippen molar-refractivity contribution in [3.8, 4) is 5.75 Å². The lowest BCUT2D eigenvalue weighted by Crippen LogP contribution is -2.47. The molecule has 2 aromatic carbocycles. The Kier molecular flexibility index (Phi) is 6.90. The number of hydrogen-bond acceptors (Lipinski definition) is 5. The number of amides is 1. The first-order valence-corrected chi connectivity index (χ1v) is 11.5. The molecule has 7 nitrogen and oxygen atoms in total. The van der Waals surface area contributed by atoms with E-state index in [1.807, 2.05) is 14.1 Å². The van der Waals surface area contributed by atoms with Crippen molar-refractivity contribution in [2.24, 2.45) is 0 Å². The number of likely N-dealkylation sites (tertiary alicyclic amines) is 1. The number of para-hydroxylation sites is 2. The van der Waals surface area contributed by atoms with Crippen LogP contribution in [0, 0.1) is 0 Å². The molecule has 0 aliphatic carbocycles. The molecule has 1 N–H and O–H groups in total. The number of nitrogens with one attached hydrogen (secondary N) is 1. The molecular weight excluding hydrogens is 426 g/mol. The molecule has 1 aliphatic rings. The second-order valence-corrected chi connectivity index (χ2v) is 9.52. The second-order valence-electron chi connectivity index (χ2n) is 7.46. The number of benzene rings is 2. The summed E-state index contributed by atoms with van der Waals surface area (Å²) in [7, 11) is 1.42.